The normalized spacial score (nSPS) is 11.2. The minimum absolute atomic E-state index is 0.180. The van der Waals surface area contributed by atoms with Gasteiger partial charge in [-0.2, -0.15) is 9.78 Å². The summed E-state index contributed by atoms with van der Waals surface area (Å²) in [4.78, 5) is 17.4. The monoisotopic (exact) mass is 689 g/mol. The summed E-state index contributed by atoms with van der Waals surface area (Å²) >= 11 is 1.71. The largest absolute Gasteiger partial charge is 0.496 e. The average molecular weight is 690 g/mol. The number of aryl methyl sites for hydroxylation is 2. The summed E-state index contributed by atoms with van der Waals surface area (Å²) in [7, 11) is 3.29. The van der Waals surface area contributed by atoms with Gasteiger partial charge in [0.2, 0.25) is 5.91 Å². The van der Waals surface area contributed by atoms with Gasteiger partial charge >= 0.3 is 0 Å². The molecular formula is C41H43N3O5S. The highest BCUT2D eigenvalue weighted by molar-refractivity contribution is 7.21. The zero-order chi connectivity index (χ0) is 35.2. The van der Waals surface area contributed by atoms with Crippen molar-refractivity contribution in [1.29, 1.82) is 0 Å². The second-order valence-electron chi connectivity index (χ2n) is 12.4. The minimum Gasteiger partial charge on any atom is -0.496 e. The molecule has 4 aromatic carbocycles. The van der Waals surface area contributed by atoms with E-state index in [9.17, 15) is 4.79 Å². The average Bonchev–Trinajstić information content (AvgIpc) is 3.77. The van der Waals surface area contributed by atoms with Crippen LogP contribution in [0.1, 0.15) is 54.1 Å². The van der Waals surface area contributed by atoms with Crippen molar-refractivity contribution >= 4 is 27.5 Å². The Labute approximate surface area is 297 Å². The quantitative estimate of drug-likeness (QED) is 0.105. The lowest BCUT2D eigenvalue weighted by atomic mass is 10.0. The molecule has 0 aliphatic heterocycles. The second kappa shape index (κ2) is 15.6. The van der Waals surface area contributed by atoms with E-state index < -0.39 is 0 Å². The van der Waals surface area contributed by atoms with Crippen LogP contribution in [0.4, 0.5) is 0 Å². The Bertz CT molecular complexity index is 2100. The Morgan fingerprint density at radius 3 is 2.06 bits per heavy atom. The van der Waals surface area contributed by atoms with Gasteiger partial charge in [0, 0.05) is 23.6 Å². The fourth-order valence-electron chi connectivity index (χ4n) is 5.97. The molecule has 0 fully saturated rings. The van der Waals surface area contributed by atoms with Crippen LogP contribution in [0.2, 0.25) is 0 Å². The Kier molecular flexibility index (Phi) is 10.8. The number of unbranched alkanes of at least 4 members (excludes halogenated alkanes) is 3. The molecule has 0 amide bonds. The van der Waals surface area contributed by atoms with E-state index >= 15 is 0 Å². The first kappa shape index (κ1) is 34.7. The topological polar surface area (TPSA) is 84.7 Å². The molecule has 2 heterocycles. The minimum atomic E-state index is -0.180. The van der Waals surface area contributed by atoms with Crippen LogP contribution >= 0.6 is 11.3 Å². The summed E-state index contributed by atoms with van der Waals surface area (Å²) in [5, 5.41) is 5.69. The maximum absolute atomic E-state index is 12.7. The molecule has 0 aliphatic carbocycles. The lowest BCUT2D eigenvalue weighted by Gasteiger charge is -2.13. The zero-order valence-corrected chi connectivity index (χ0v) is 30.4. The van der Waals surface area contributed by atoms with Gasteiger partial charge in [0.15, 0.2) is 11.5 Å². The molecule has 0 unspecified atom stereocenters. The smallest absolute Gasteiger partial charge is 0.244 e. The molecule has 6 rings (SSSR count). The number of aromatic nitrogens is 3. The van der Waals surface area contributed by atoms with Gasteiger partial charge in [-0.1, -0.05) is 12.1 Å². The Morgan fingerprint density at radius 1 is 0.700 bits per heavy atom. The maximum Gasteiger partial charge on any atom is 0.244 e. The van der Waals surface area contributed by atoms with Crippen molar-refractivity contribution in [1.82, 2.24) is 14.8 Å². The standard InChI is InChI=1S/C41H43N3O5S/c1-26-21-32(24-38(47-6)28(26)3)34-25-35(44(43-34)29(4)45)30-15-18-37(46-5)39(23-30)49-20-12-8-7-11-19-48-36-17-16-31(22-27(36)2)41-42-33-13-9-10-14-40(33)50-41/h9-10,13-18,21-25H,7-8,11-12,19-20H2,1-6H3. The maximum atomic E-state index is 12.7. The van der Waals surface area contributed by atoms with Gasteiger partial charge < -0.3 is 18.9 Å². The molecule has 0 aliphatic rings. The number of methoxy groups -OCH3 is 2. The fraction of sp³-hybridized carbons (Fsp3) is 0.293. The van der Waals surface area contributed by atoms with Crippen molar-refractivity contribution < 1.29 is 23.7 Å². The van der Waals surface area contributed by atoms with Crippen LogP contribution in [0.25, 0.3) is 43.3 Å². The Morgan fingerprint density at radius 2 is 1.36 bits per heavy atom. The van der Waals surface area contributed by atoms with E-state index in [1.165, 1.54) is 16.3 Å². The van der Waals surface area contributed by atoms with Gasteiger partial charge in [-0.3, -0.25) is 4.79 Å². The molecule has 258 valence electrons. The van der Waals surface area contributed by atoms with Crippen molar-refractivity contribution in [3.8, 4) is 56.1 Å². The highest BCUT2D eigenvalue weighted by Crippen LogP contribution is 2.36. The van der Waals surface area contributed by atoms with Gasteiger partial charge in [0.1, 0.15) is 16.5 Å². The molecule has 2 aromatic heterocycles. The lowest BCUT2D eigenvalue weighted by Crippen LogP contribution is -2.09. The number of fused-ring (bicyclic) bond motifs is 1. The number of hydrogen-bond donors (Lipinski definition) is 0. The third kappa shape index (κ3) is 7.68. The summed E-state index contributed by atoms with van der Waals surface area (Å²) in [6.45, 7) is 8.87. The molecular weight excluding hydrogens is 647 g/mol. The molecule has 0 atom stereocenters. The van der Waals surface area contributed by atoms with Gasteiger partial charge in [-0.15, -0.1) is 11.3 Å². The van der Waals surface area contributed by atoms with E-state index in [0.717, 1.165) is 81.1 Å². The molecule has 0 bridgehead atoms. The summed E-state index contributed by atoms with van der Waals surface area (Å²) in [5.74, 6) is 2.79. The molecule has 0 N–H and O–H groups in total. The van der Waals surface area contributed by atoms with Crippen molar-refractivity contribution in [3.05, 3.63) is 95.6 Å². The van der Waals surface area contributed by atoms with Crippen molar-refractivity contribution in [2.75, 3.05) is 27.4 Å². The molecule has 6 aromatic rings. The summed E-state index contributed by atoms with van der Waals surface area (Å²) in [6, 6.07) is 26.2. The van der Waals surface area contributed by atoms with Gasteiger partial charge in [0.05, 0.1) is 49.0 Å². The number of para-hydroxylation sites is 1. The first-order valence-corrected chi connectivity index (χ1v) is 17.7. The number of nitrogens with zero attached hydrogens (tertiary/aromatic N) is 3. The summed E-state index contributed by atoms with van der Waals surface area (Å²) in [6.07, 6.45) is 3.91. The summed E-state index contributed by atoms with van der Waals surface area (Å²) in [5.41, 5.74) is 8.49. The molecule has 50 heavy (non-hydrogen) atoms. The molecule has 0 saturated carbocycles. The van der Waals surface area contributed by atoms with E-state index in [-0.39, 0.29) is 5.91 Å². The van der Waals surface area contributed by atoms with Crippen molar-refractivity contribution in [2.45, 2.75) is 53.4 Å². The van der Waals surface area contributed by atoms with Gasteiger partial charge in [-0.25, -0.2) is 4.98 Å². The Balaban J connectivity index is 1.02. The highest BCUT2D eigenvalue weighted by atomic mass is 32.1. The first-order chi connectivity index (χ1) is 24.2. The summed E-state index contributed by atoms with van der Waals surface area (Å²) < 4.78 is 26.1. The van der Waals surface area contributed by atoms with E-state index in [4.69, 9.17) is 23.9 Å². The third-order valence-corrected chi connectivity index (χ3v) is 9.96. The van der Waals surface area contributed by atoms with Gasteiger partial charge in [-0.05, 0) is 130 Å². The number of ether oxygens (including phenoxy) is 4. The number of hydrogen-bond acceptors (Lipinski definition) is 8. The van der Waals surface area contributed by atoms with Crippen LogP contribution in [0, 0.1) is 20.8 Å². The molecule has 0 radical (unpaired) electrons. The molecule has 8 nitrogen and oxygen atoms in total. The van der Waals surface area contributed by atoms with E-state index in [2.05, 4.69) is 48.4 Å². The number of benzene rings is 4. The van der Waals surface area contributed by atoms with Crippen LogP contribution in [0.3, 0.4) is 0 Å². The zero-order valence-electron chi connectivity index (χ0n) is 29.5. The number of thiazole rings is 1. The third-order valence-electron chi connectivity index (χ3n) is 8.87. The first-order valence-electron chi connectivity index (χ1n) is 16.9. The van der Waals surface area contributed by atoms with Crippen molar-refractivity contribution in [2.24, 2.45) is 0 Å². The SMILES string of the molecule is COc1ccc(-c2cc(-c3cc(C)c(C)c(OC)c3)nn2C(C)=O)cc1OCCCCCCOc1ccc(-c2nc3ccccc3s2)cc1C. The number of carbonyl (C=O) groups excluding carboxylic acids is 1. The fourth-order valence-corrected chi connectivity index (χ4v) is 6.93. The van der Waals surface area contributed by atoms with Crippen LogP contribution in [-0.4, -0.2) is 48.1 Å². The number of carbonyl (C=O) groups is 1. The van der Waals surface area contributed by atoms with Crippen LogP contribution in [0.5, 0.6) is 23.0 Å². The molecule has 0 spiro atoms. The van der Waals surface area contributed by atoms with E-state index in [1.807, 2.05) is 56.3 Å². The van der Waals surface area contributed by atoms with Crippen LogP contribution in [-0.2, 0) is 0 Å². The van der Waals surface area contributed by atoms with E-state index in [0.29, 0.717) is 36.1 Å². The number of rotatable bonds is 14. The highest BCUT2D eigenvalue weighted by Gasteiger charge is 2.18. The molecule has 0 saturated heterocycles. The lowest BCUT2D eigenvalue weighted by molar-refractivity contribution is 0.0923. The van der Waals surface area contributed by atoms with Gasteiger partial charge in [0.25, 0.3) is 0 Å². The van der Waals surface area contributed by atoms with Crippen molar-refractivity contribution in [3.63, 3.8) is 0 Å². The predicted molar refractivity (Wildman–Crippen MR) is 201 cm³/mol. The van der Waals surface area contributed by atoms with E-state index in [1.54, 1.807) is 25.6 Å². The second-order valence-corrected chi connectivity index (χ2v) is 13.4. The predicted octanol–water partition coefficient (Wildman–Crippen LogP) is 10.1. The van der Waals surface area contributed by atoms with Crippen LogP contribution in [0.15, 0.2) is 78.9 Å². The molecule has 9 heteroatoms. The van der Waals surface area contributed by atoms with Crippen LogP contribution < -0.4 is 18.9 Å². The Hall–Kier alpha value is -5.15.